The molecule has 0 saturated heterocycles. The molecule has 0 radical (unpaired) electrons. The van der Waals surface area contributed by atoms with Crippen molar-refractivity contribution in [1.82, 2.24) is 0 Å². The summed E-state index contributed by atoms with van der Waals surface area (Å²) in [4.78, 5) is 11.8. The second-order valence-electron chi connectivity index (χ2n) is 4.11. The lowest BCUT2D eigenvalue weighted by Gasteiger charge is -2.09. The van der Waals surface area contributed by atoms with E-state index < -0.39 is 34.9 Å². The fraction of sp³-hybridized carbons (Fsp3) is 0.0714. The van der Waals surface area contributed by atoms with Gasteiger partial charge < -0.3 is 5.32 Å². The molecule has 0 saturated carbocycles. The number of rotatable bonds is 2. The number of amides is 1. The van der Waals surface area contributed by atoms with Crippen LogP contribution in [-0.2, 0) is 0 Å². The number of benzene rings is 2. The van der Waals surface area contributed by atoms with Crippen LogP contribution in [0.2, 0.25) is 0 Å². The van der Waals surface area contributed by atoms with Crippen molar-refractivity contribution in [2.24, 2.45) is 0 Å². The maximum Gasteiger partial charge on any atom is 0.258 e. The molecule has 0 atom stereocenters. The van der Waals surface area contributed by atoms with Crippen LogP contribution < -0.4 is 5.32 Å². The number of carbonyl (C=O) groups excluding carboxylic acids is 1. The minimum Gasteiger partial charge on any atom is -0.319 e. The SMILES string of the molecule is Cc1cccc(C(=O)Nc2ccc(F)c(F)c2F)c1F. The quantitative estimate of drug-likeness (QED) is 0.659. The van der Waals surface area contributed by atoms with Gasteiger partial charge in [-0.05, 0) is 30.7 Å². The van der Waals surface area contributed by atoms with Crippen LogP contribution in [-0.4, -0.2) is 5.91 Å². The van der Waals surface area contributed by atoms with Gasteiger partial charge in [0.25, 0.3) is 5.91 Å². The summed E-state index contributed by atoms with van der Waals surface area (Å²) in [6.45, 7) is 1.46. The normalized spacial score (nSPS) is 10.4. The molecule has 0 bridgehead atoms. The summed E-state index contributed by atoms with van der Waals surface area (Å²) in [7, 11) is 0. The Kier molecular flexibility index (Phi) is 3.74. The van der Waals surface area contributed by atoms with Crippen LogP contribution in [0, 0.1) is 30.2 Å². The first kappa shape index (κ1) is 14.0. The first-order valence-electron chi connectivity index (χ1n) is 5.61. The van der Waals surface area contributed by atoms with Crippen LogP contribution in [0.4, 0.5) is 23.2 Å². The Labute approximate surface area is 112 Å². The summed E-state index contributed by atoms with van der Waals surface area (Å²) in [5.74, 6) is -6.31. The Morgan fingerprint density at radius 1 is 0.950 bits per heavy atom. The Morgan fingerprint density at radius 2 is 1.65 bits per heavy atom. The molecule has 0 aromatic heterocycles. The second-order valence-corrected chi connectivity index (χ2v) is 4.11. The van der Waals surface area contributed by atoms with Gasteiger partial charge in [0.15, 0.2) is 17.5 Å². The average Bonchev–Trinajstić information content (AvgIpc) is 2.42. The van der Waals surface area contributed by atoms with Crippen molar-refractivity contribution in [3.05, 3.63) is 64.7 Å². The number of anilines is 1. The molecule has 0 unspecified atom stereocenters. The first-order valence-corrected chi connectivity index (χ1v) is 5.61. The van der Waals surface area contributed by atoms with E-state index in [9.17, 15) is 22.4 Å². The third-order valence-electron chi connectivity index (χ3n) is 2.72. The lowest BCUT2D eigenvalue weighted by Crippen LogP contribution is -2.16. The third kappa shape index (κ3) is 2.49. The molecular weight excluding hydrogens is 274 g/mol. The lowest BCUT2D eigenvalue weighted by atomic mass is 10.1. The molecule has 2 rings (SSSR count). The van der Waals surface area contributed by atoms with E-state index in [4.69, 9.17) is 0 Å². The molecule has 0 heterocycles. The molecule has 0 aliphatic heterocycles. The van der Waals surface area contributed by atoms with E-state index in [1.807, 2.05) is 5.32 Å². The fourth-order valence-corrected chi connectivity index (χ4v) is 1.63. The highest BCUT2D eigenvalue weighted by Crippen LogP contribution is 2.21. The average molecular weight is 283 g/mol. The van der Waals surface area contributed by atoms with Crippen LogP contribution in [0.25, 0.3) is 0 Å². The molecule has 2 aromatic rings. The largest absolute Gasteiger partial charge is 0.319 e. The highest BCUT2D eigenvalue weighted by molar-refractivity contribution is 6.04. The Morgan fingerprint density at radius 3 is 2.35 bits per heavy atom. The minimum atomic E-state index is -1.70. The van der Waals surface area contributed by atoms with Crippen molar-refractivity contribution in [3.63, 3.8) is 0 Å². The number of hydrogen-bond donors (Lipinski definition) is 1. The number of aryl methyl sites for hydroxylation is 1. The number of nitrogens with one attached hydrogen (secondary N) is 1. The predicted molar refractivity (Wildman–Crippen MR) is 65.4 cm³/mol. The van der Waals surface area contributed by atoms with Gasteiger partial charge in [-0.15, -0.1) is 0 Å². The van der Waals surface area contributed by atoms with Crippen molar-refractivity contribution >= 4 is 11.6 Å². The molecule has 0 fully saturated rings. The van der Waals surface area contributed by atoms with E-state index in [0.29, 0.717) is 6.07 Å². The lowest BCUT2D eigenvalue weighted by molar-refractivity contribution is 0.102. The highest BCUT2D eigenvalue weighted by Gasteiger charge is 2.18. The van der Waals surface area contributed by atoms with Crippen molar-refractivity contribution < 1.29 is 22.4 Å². The zero-order chi connectivity index (χ0) is 14.9. The molecule has 2 nitrogen and oxygen atoms in total. The van der Waals surface area contributed by atoms with Gasteiger partial charge in [-0.2, -0.15) is 0 Å². The van der Waals surface area contributed by atoms with Crippen LogP contribution in [0.15, 0.2) is 30.3 Å². The van der Waals surface area contributed by atoms with Gasteiger partial charge in [-0.1, -0.05) is 12.1 Å². The topological polar surface area (TPSA) is 29.1 Å². The number of hydrogen-bond acceptors (Lipinski definition) is 1. The first-order chi connectivity index (χ1) is 9.41. The summed E-state index contributed by atoms with van der Waals surface area (Å²) in [6.07, 6.45) is 0. The van der Waals surface area contributed by atoms with E-state index in [2.05, 4.69) is 0 Å². The van der Waals surface area contributed by atoms with Crippen molar-refractivity contribution in [2.75, 3.05) is 5.32 Å². The smallest absolute Gasteiger partial charge is 0.258 e. The van der Waals surface area contributed by atoms with E-state index >= 15 is 0 Å². The Balaban J connectivity index is 2.33. The number of halogens is 4. The molecule has 1 N–H and O–H groups in total. The van der Waals surface area contributed by atoms with E-state index in [-0.39, 0.29) is 11.1 Å². The van der Waals surface area contributed by atoms with Gasteiger partial charge in [0.1, 0.15) is 5.82 Å². The summed E-state index contributed by atoms with van der Waals surface area (Å²) in [6, 6.07) is 5.65. The van der Waals surface area contributed by atoms with Crippen LogP contribution in [0.3, 0.4) is 0 Å². The monoisotopic (exact) mass is 283 g/mol. The van der Waals surface area contributed by atoms with Crippen LogP contribution in [0.1, 0.15) is 15.9 Å². The molecule has 0 aliphatic carbocycles. The molecule has 104 valence electrons. The second kappa shape index (κ2) is 5.32. The fourth-order valence-electron chi connectivity index (χ4n) is 1.63. The molecule has 2 aromatic carbocycles. The summed E-state index contributed by atoms with van der Waals surface area (Å²) in [5.41, 5.74) is -0.632. The molecular formula is C14H9F4NO. The maximum absolute atomic E-state index is 13.7. The third-order valence-corrected chi connectivity index (χ3v) is 2.72. The van der Waals surface area contributed by atoms with Crippen molar-refractivity contribution in [3.8, 4) is 0 Å². The highest BCUT2D eigenvalue weighted by atomic mass is 19.2. The minimum absolute atomic E-state index is 0.239. The van der Waals surface area contributed by atoms with Crippen LogP contribution >= 0.6 is 0 Å². The van der Waals surface area contributed by atoms with Crippen molar-refractivity contribution in [2.45, 2.75) is 6.92 Å². The zero-order valence-corrected chi connectivity index (χ0v) is 10.3. The Hall–Kier alpha value is -2.37. The Bertz CT molecular complexity index is 685. The standard InChI is InChI=1S/C14H9F4NO/c1-7-3-2-4-8(11(7)16)14(20)19-10-6-5-9(15)12(17)13(10)18/h2-6H,1H3,(H,19,20). The summed E-state index contributed by atoms with van der Waals surface area (Å²) < 4.78 is 52.9. The molecule has 6 heteroatoms. The van der Waals surface area contributed by atoms with Gasteiger partial charge in [-0.25, -0.2) is 17.6 Å². The van der Waals surface area contributed by atoms with Gasteiger partial charge >= 0.3 is 0 Å². The molecule has 0 aliphatic rings. The maximum atomic E-state index is 13.7. The van der Waals surface area contributed by atoms with Gasteiger partial charge in [0.2, 0.25) is 0 Å². The molecule has 20 heavy (non-hydrogen) atoms. The number of carbonyl (C=O) groups is 1. The summed E-state index contributed by atoms with van der Waals surface area (Å²) >= 11 is 0. The zero-order valence-electron chi connectivity index (χ0n) is 10.3. The van der Waals surface area contributed by atoms with E-state index in [1.54, 1.807) is 0 Å². The molecule has 1 amide bonds. The van der Waals surface area contributed by atoms with Gasteiger partial charge in [0, 0.05) is 0 Å². The van der Waals surface area contributed by atoms with E-state index in [1.165, 1.54) is 25.1 Å². The van der Waals surface area contributed by atoms with Crippen LogP contribution in [0.5, 0.6) is 0 Å². The van der Waals surface area contributed by atoms with Crippen molar-refractivity contribution in [1.29, 1.82) is 0 Å². The van der Waals surface area contributed by atoms with Gasteiger partial charge in [-0.3, -0.25) is 4.79 Å². The molecule has 0 spiro atoms. The summed E-state index contributed by atoms with van der Waals surface area (Å²) in [5, 5.41) is 2.00. The predicted octanol–water partition coefficient (Wildman–Crippen LogP) is 3.80. The van der Waals surface area contributed by atoms with E-state index in [0.717, 1.165) is 6.07 Å². The van der Waals surface area contributed by atoms with Gasteiger partial charge in [0.05, 0.1) is 11.3 Å².